The molecule has 1 aliphatic rings. The predicted molar refractivity (Wildman–Crippen MR) is 71.2 cm³/mol. The van der Waals surface area contributed by atoms with Gasteiger partial charge in [0, 0.05) is 0 Å². The van der Waals surface area contributed by atoms with Crippen LogP contribution in [-0.4, -0.2) is 36.5 Å². The second kappa shape index (κ2) is 7.34. The average Bonchev–Trinajstić information content (AvgIpc) is 3.15. The molecule has 3 heteroatoms. The molecule has 0 amide bonds. The molecule has 0 aromatic carbocycles. The van der Waals surface area contributed by atoms with E-state index in [0.717, 1.165) is 25.8 Å². The van der Waals surface area contributed by atoms with E-state index in [4.69, 9.17) is 4.74 Å². The molecule has 2 atom stereocenters. The van der Waals surface area contributed by atoms with Crippen molar-refractivity contribution in [3.8, 4) is 0 Å². The summed E-state index contributed by atoms with van der Waals surface area (Å²) in [5.41, 5.74) is -0.183. The first-order valence-corrected chi connectivity index (χ1v) is 7.16. The molecule has 1 fully saturated rings. The zero-order valence-electron chi connectivity index (χ0n) is 11.7. The van der Waals surface area contributed by atoms with Gasteiger partial charge in [-0.1, -0.05) is 20.3 Å². The van der Waals surface area contributed by atoms with Crippen LogP contribution in [0.2, 0.25) is 0 Å². The van der Waals surface area contributed by atoms with Crippen LogP contribution >= 0.6 is 0 Å². The van der Waals surface area contributed by atoms with Gasteiger partial charge < -0.3 is 15.2 Å². The quantitative estimate of drug-likeness (QED) is 0.619. The fourth-order valence-electron chi connectivity index (χ4n) is 2.33. The Bertz CT molecular complexity index is 206. The summed E-state index contributed by atoms with van der Waals surface area (Å²) < 4.78 is 5.91. The Morgan fingerprint density at radius 2 is 2.06 bits per heavy atom. The number of aliphatic hydroxyl groups is 1. The third kappa shape index (κ3) is 4.57. The lowest BCUT2D eigenvalue weighted by Gasteiger charge is -2.34. The van der Waals surface area contributed by atoms with E-state index in [-0.39, 0.29) is 12.1 Å². The summed E-state index contributed by atoms with van der Waals surface area (Å²) in [7, 11) is 0. The summed E-state index contributed by atoms with van der Waals surface area (Å²) in [6.45, 7) is 8.25. The van der Waals surface area contributed by atoms with Crippen molar-refractivity contribution < 1.29 is 9.84 Å². The average molecular weight is 243 g/mol. The Balaban J connectivity index is 2.44. The van der Waals surface area contributed by atoms with Crippen LogP contribution in [0.25, 0.3) is 0 Å². The van der Waals surface area contributed by atoms with E-state index in [1.165, 1.54) is 12.8 Å². The van der Waals surface area contributed by atoms with Crippen molar-refractivity contribution in [1.82, 2.24) is 5.32 Å². The van der Waals surface area contributed by atoms with Crippen molar-refractivity contribution in [2.45, 2.75) is 64.5 Å². The number of hydrogen-bond acceptors (Lipinski definition) is 3. The lowest BCUT2D eigenvalue weighted by atomic mass is 9.95. The van der Waals surface area contributed by atoms with Gasteiger partial charge in [0.2, 0.25) is 0 Å². The van der Waals surface area contributed by atoms with Crippen molar-refractivity contribution >= 4 is 0 Å². The monoisotopic (exact) mass is 243 g/mol. The minimum Gasteiger partial charge on any atom is -0.394 e. The Labute approximate surface area is 106 Å². The van der Waals surface area contributed by atoms with Gasteiger partial charge in [-0.2, -0.15) is 0 Å². The lowest BCUT2D eigenvalue weighted by Crippen LogP contribution is -2.55. The zero-order valence-corrected chi connectivity index (χ0v) is 11.7. The van der Waals surface area contributed by atoms with Gasteiger partial charge in [0.1, 0.15) is 0 Å². The molecule has 1 aliphatic carbocycles. The van der Waals surface area contributed by atoms with Gasteiger partial charge in [0.05, 0.1) is 24.9 Å². The van der Waals surface area contributed by atoms with Crippen LogP contribution in [0.1, 0.15) is 52.9 Å². The summed E-state index contributed by atoms with van der Waals surface area (Å²) in [5, 5.41) is 13.2. The van der Waals surface area contributed by atoms with Crippen LogP contribution in [0.15, 0.2) is 0 Å². The first-order chi connectivity index (χ1) is 8.18. The van der Waals surface area contributed by atoms with Gasteiger partial charge in [-0.3, -0.25) is 0 Å². The van der Waals surface area contributed by atoms with Crippen molar-refractivity contribution in [3.05, 3.63) is 0 Å². The topological polar surface area (TPSA) is 41.5 Å². The van der Waals surface area contributed by atoms with E-state index in [1.807, 2.05) is 0 Å². The first-order valence-electron chi connectivity index (χ1n) is 7.16. The Morgan fingerprint density at radius 1 is 1.35 bits per heavy atom. The van der Waals surface area contributed by atoms with Gasteiger partial charge in [0.15, 0.2) is 0 Å². The molecular formula is C14H29NO2. The number of ether oxygens (including phenoxy) is 1. The van der Waals surface area contributed by atoms with Gasteiger partial charge in [-0.25, -0.2) is 0 Å². The van der Waals surface area contributed by atoms with Gasteiger partial charge in [0.25, 0.3) is 0 Å². The Hall–Kier alpha value is -0.120. The fraction of sp³-hybridized carbons (Fsp3) is 1.00. The van der Waals surface area contributed by atoms with Crippen LogP contribution < -0.4 is 5.32 Å². The standard InChI is InChI=1S/C14H29NO2/c1-4-6-12(3)17-11-14(10-16,13-7-8-13)15-9-5-2/h12-13,15-16H,4-11H2,1-3H3. The third-order valence-corrected chi connectivity index (χ3v) is 3.69. The Kier molecular flexibility index (Phi) is 6.45. The van der Waals surface area contributed by atoms with Crippen molar-refractivity contribution in [2.24, 2.45) is 5.92 Å². The van der Waals surface area contributed by atoms with E-state index < -0.39 is 0 Å². The number of hydrogen-bond donors (Lipinski definition) is 2. The lowest BCUT2D eigenvalue weighted by molar-refractivity contribution is -0.0141. The predicted octanol–water partition coefficient (Wildman–Crippen LogP) is 2.33. The van der Waals surface area contributed by atoms with Crippen LogP contribution in [0.4, 0.5) is 0 Å². The second-order valence-electron chi connectivity index (χ2n) is 5.43. The normalized spacial score (nSPS) is 21.2. The van der Waals surface area contributed by atoms with E-state index >= 15 is 0 Å². The molecule has 0 heterocycles. The number of rotatable bonds is 10. The molecule has 0 saturated heterocycles. The van der Waals surface area contributed by atoms with E-state index in [9.17, 15) is 5.11 Å². The summed E-state index contributed by atoms with van der Waals surface area (Å²) in [6.07, 6.45) is 6.09. The molecule has 0 aromatic rings. The summed E-state index contributed by atoms with van der Waals surface area (Å²) >= 11 is 0. The molecule has 0 aliphatic heterocycles. The fourth-order valence-corrected chi connectivity index (χ4v) is 2.33. The van der Waals surface area contributed by atoms with E-state index in [2.05, 4.69) is 26.1 Å². The largest absolute Gasteiger partial charge is 0.394 e. The number of aliphatic hydroxyl groups excluding tert-OH is 1. The second-order valence-corrected chi connectivity index (χ2v) is 5.43. The smallest absolute Gasteiger partial charge is 0.0679 e. The van der Waals surface area contributed by atoms with Crippen LogP contribution in [0, 0.1) is 5.92 Å². The van der Waals surface area contributed by atoms with Gasteiger partial charge in [-0.05, 0) is 45.1 Å². The minimum absolute atomic E-state index is 0.183. The molecule has 2 N–H and O–H groups in total. The molecule has 1 saturated carbocycles. The van der Waals surface area contributed by atoms with E-state index in [0.29, 0.717) is 18.6 Å². The highest BCUT2D eigenvalue weighted by Gasteiger charge is 2.44. The first kappa shape index (κ1) is 14.9. The summed E-state index contributed by atoms with van der Waals surface area (Å²) in [5.74, 6) is 0.605. The van der Waals surface area contributed by atoms with Crippen LogP contribution in [0.5, 0.6) is 0 Å². The molecule has 0 aromatic heterocycles. The van der Waals surface area contributed by atoms with Crippen LogP contribution in [0.3, 0.4) is 0 Å². The van der Waals surface area contributed by atoms with Crippen molar-refractivity contribution in [2.75, 3.05) is 19.8 Å². The highest BCUT2D eigenvalue weighted by atomic mass is 16.5. The zero-order chi connectivity index (χ0) is 12.7. The third-order valence-electron chi connectivity index (χ3n) is 3.69. The molecule has 102 valence electrons. The molecule has 17 heavy (non-hydrogen) atoms. The maximum Gasteiger partial charge on any atom is 0.0679 e. The molecule has 0 bridgehead atoms. The maximum absolute atomic E-state index is 9.71. The molecule has 0 spiro atoms. The van der Waals surface area contributed by atoms with E-state index in [1.54, 1.807) is 0 Å². The van der Waals surface area contributed by atoms with Crippen molar-refractivity contribution in [3.63, 3.8) is 0 Å². The highest BCUT2D eigenvalue weighted by molar-refractivity contribution is 5.01. The van der Waals surface area contributed by atoms with Gasteiger partial charge in [-0.15, -0.1) is 0 Å². The Morgan fingerprint density at radius 3 is 2.53 bits per heavy atom. The summed E-state index contributed by atoms with van der Waals surface area (Å²) in [6, 6.07) is 0. The highest BCUT2D eigenvalue weighted by Crippen LogP contribution is 2.40. The molecular weight excluding hydrogens is 214 g/mol. The molecule has 1 rings (SSSR count). The van der Waals surface area contributed by atoms with Gasteiger partial charge >= 0.3 is 0 Å². The van der Waals surface area contributed by atoms with Crippen molar-refractivity contribution in [1.29, 1.82) is 0 Å². The SMILES string of the molecule is CCCNC(CO)(COC(C)CCC)C1CC1. The summed E-state index contributed by atoms with van der Waals surface area (Å²) in [4.78, 5) is 0. The molecule has 0 radical (unpaired) electrons. The number of nitrogens with one attached hydrogen (secondary N) is 1. The minimum atomic E-state index is -0.183. The maximum atomic E-state index is 9.71. The molecule has 3 nitrogen and oxygen atoms in total. The molecule has 2 unspecified atom stereocenters. The van der Waals surface area contributed by atoms with Crippen LogP contribution in [-0.2, 0) is 4.74 Å².